The molecule has 9 nitrogen and oxygen atoms in total. The molecule has 1 amide bonds. The van der Waals surface area contributed by atoms with Crippen LogP contribution in [0.25, 0.3) is 0 Å². The van der Waals surface area contributed by atoms with Crippen LogP contribution in [0.15, 0.2) is 0 Å². The second kappa shape index (κ2) is 5.63. The number of aliphatic carboxylic acids is 1. The summed E-state index contributed by atoms with van der Waals surface area (Å²) in [6.45, 7) is 5.07. The Kier molecular flexibility index (Phi) is 4.41. The van der Waals surface area contributed by atoms with E-state index in [9.17, 15) is 9.59 Å². The van der Waals surface area contributed by atoms with Crippen LogP contribution >= 0.6 is 0 Å². The van der Waals surface area contributed by atoms with Gasteiger partial charge in [-0.05, 0) is 31.2 Å². The second-order valence-electron chi connectivity index (χ2n) is 4.96. The van der Waals surface area contributed by atoms with Crippen LogP contribution in [-0.2, 0) is 23.0 Å². The van der Waals surface area contributed by atoms with Crippen molar-refractivity contribution in [3.63, 3.8) is 0 Å². The van der Waals surface area contributed by atoms with Gasteiger partial charge in [0, 0.05) is 13.5 Å². The minimum absolute atomic E-state index is 0.0297. The van der Waals surface area contributed by atoms with Crippen molar-refractivity contribution in [3.05, 3.63) is 5.82 Å². The number of amides is 1. The van der Waals surface area contributed by atoms with Crippen molar-refractivity contribution in [3.8, 4) is 0 Å². The van der Waals surface area contributed by atoms with Crippen LogP contribution in [0.1, 0.15) is 26.6 Å². The van der Waals surface area contributed by atoms with Gasteiger partial charge in [-0.1, -0.05) is 0 Å². The van der Waals surface area contributed by atoms with Gasteiger partial charge in [-0.25, -0.2) is 14.3 Å². The van der Waals surface area contributed by atoms with E-state index in [1.54, 1.807) is 27.8 Å². The van der Waals surface area contributed by atoms with Crippen molar-refractivity contribution in [2.24, 2.45) is 7.05 Å². The Hall–Kier alpha value is -2.19. The Balaban J connectivity index is 2.67. The predicted molar refractivity (Wildman–Crippen MR) is 63.3 cm³/mol. The molecule has 1 heterocycles. The van der Waals surface area contributed by atoms with Gasteiger partial charge in [0.15, 0.2) is 5.82 Å². The summed E-state index contributed by atoms with van der Waals surface area (Å²) >= 11 is 0. The molecule has 0 fully saturated rings. The van der Waals surface area contributed by atoms with Crippen LogP contribution in [-0.4, -0.2) is 49.0 Å². The first kappa shape index (κ1) is 14.9. The fourth-order valence-electron chi connectivity index (χ4n) is 1.25. The predicted octanol–water partition coefficient (Wildman–Crippen LogP) is -0.270. The van der Waals surface area contributed by atoms with Crippen molar-refractivity contribution in [2.45, 2.75) is 38.8 Å². The quantitative estimate of drug-likeness (QED) is 0.773. The van der Waals surface area contributed by atoms with Crippen LogP contribution in [0.2, 0.25) is 0 Å². The summed E-state index contributed by atoms with van der Waals surface area (Å²) in [6.07, 6.45) is -0.826. The summed E-state index contributed by atoms with van der Waals surface area (Å²) in [5, 5.41) is 22.0. The second-order valence-corrected chi connectivity index (χ2v) is 4.96. The first-order valence-corrected chi connectivity index (χ1v) is 5.62. The first-order valence-electron chi connectivity index (χ1n) is 5.62. The Morgan fingerprint density at radius 2 is 2.11 bits per heavy atom. The molecule has 1 rings (SSSR count). The van der Waals surface area contributed by atoms with Crippen LogP contribution in [0.3, 0.4) is 0 Å². The summed E-state index contributed by atoms with van der Waals surface area (Å²) in [5.74, 6) is -0.836. The lowest BCUT2D eigenvalue weighted by molar-refractivity contribution is -0.139. The van der Waals surface area contributed by atoms with Crippen molar-refractivity contribution in [1.82, 2.24) is 25.5 Å². The third-order valence-corrected chi connectivity index (χ3v) is 2.08. The third kappa shape index (κ3) is 4.90. The maximum absolute atomic E-state index is 11.5. The number of hydrogen-bond donors (Lipinski definition) is 2. The third-order valence-electron chi connectivity index (χ3n) is 2.08. The highest BCUT2D eigenvalue weighted by Crippen LogP contribution is 2.07. The van der Waals surface area contributed by atoms with Gasteiger partial charge in [0.05, 0.1) is 0 Å². The average Bonchev–Trinajstić information content (AvgIpc) is 2.60. The Morgan fingerprint density at radius 1 is 1.47 bits per heavy atom. The lowest BCUT2D eigenvalue weighted by Crippen LogP contribution is -2.45. The zero-order chi connectivity index (χ0) is 14.6. The highest BCUT2D eigenvalue weighted by atomic mass is 16.6. The van der Waals surface area contributed by atoms with Gasteiger partial charge in [-0.3, -0.25) is 0 Å². The number of hydrogen-bond acceptors (Lipinski definition) is 6. The number of aryl methyl sites for hydroxylation is 1. The van der Waals surface area contributed by atoms with E-state index in [0.717, 1.165) is 0 Å². The van der Waals surface area contributed by atoms with Gasteiger partial charge in [0.2, 0.25) is 0 Å². The molecule has 2 N–H and O–H groups in total. The number of tetrazole rings is 1. The van der Waals surface area contributed by atoms with Crippen LogP contribution < -0.4 is 5.32 Å². The highest BCUT2D eigenvalue weighted by molar-refractivity contribution is 5.80. The van der Waals surface area contributed by atoms with Crippen LogP contribution in [0, 0.1) is 0 Å². The first-order chi connectivity index (χ1) is 8.69. The number of carbonyl (C=O) groups is 2. The van der Waals surface area contributed by atoms with E-state index in [1.165, 1.54) is 4.68 Å². The standard InChI is InChI=1S/C10H17N5O4/c1-10(2,3)19-9(18)11-6(8(16)17)5-7-12-13-14-15(7)4/h6H,5H2,1-4H3,(H,11,18)(H,16,17)/t6-/m0/s1. The topological polar surface area (TPSA) is 119 Å². The van der Waals surface area contributed by atoms with Gasteiger partial charge >= 0.3 is 12.1 Å². The lowest BCUT2D eigenvalue weighted by atomic mass is 10.2. The number of alkyl carbamates (subject to hydrolysis) is 1. The van der Waals surface area contributed by atoms with Crippen LogP contribution in [0.4, 0.5) is 4.79 Å². The number of carboxylic acids is 1. The molecule has 0 saturated heterocycles. The van der Waals surface area contributed by atoms with Crippen LogP contribution in [0.5, 0.6) is 0 Å². The van der Waals surface area contributed by atoms with E-state index in [4.69, 9.17) is 9.84 Å². The average molecular weight is 271 g/mol. The van der Waals surface area contributed by atoms with Crippen molar-refractivity contribution in [1.29, 1.82) is 0 Å². The highest BCUT2D eigenvalue weighted by Gasteiger charge is 2.25. The number of rotatable bonds is 4. The molecular weight excluding hydrogens is 254 g/mol. The van der Waals surface area contributed by atoms with E-state index in [1.807, 2.05) is 0 Å². The van der Waals surface area contributed by atoms with Crippen molar-refractivity contribution >= 4 is 12.1 Å². The molecule has 0 radical (unpaired) electrons. The van der Waals surface area contributed by atoms with Crippen molar-refractivity contribution < 1.29 is 19.4 Å². The molecule has 9 heteroatoms. The maximum atomic E-state index is 11.5. The van der Waals surface area contributed by atoms with Crippen molar-refractivity contribution in [2.75, 3.05) is 0 Å². The summed E-state index contributed by atoms with van der Waals surface area (Å²) in [4.78, 5) is 22.6. The van der Waals surface area contributed by atoms with Gasteiger partial charge in [-0.2, -0.15) is 0 Å². The summed E-state index contributed by atoms with van der Waals surface area (Å²) in [7, 11) is 1.59. The van der Waals surface area contributed by atoms with E-state index in [2.05, 4.69) is 20.8 Å². The molecule has 0 spiro atoms. The molecule has 0 unspecified atom stereocenters. The zero-order valence-electron chi connectivity index (χ0n) is 11.2. The SMILES string of the molecule is Cn1nnnc1C[C@H](NC(=O)OC(C)(C)C)C(=O)O. The van der Waals surface area contributed by atoms with E-state index in [0.29, 0.717) is 5.82 Å². The lowest BCUT2D eigenvalue weighted by Gasteiger charge is -2.21. The molecule has 0 aliphatic heterocycles. The molecule has 106 valence electrons. The van der Waals surface area contributed by atoms with Gasteiger partial charge in [-0.15, -0.1) is 5.10 Å². The Bertz CT molecular complexity index is 465. The van der Waals surface area contributed by atoms with Gasteiger partial charge in [0.25, 0.3) is 0 Å². The number of carboxylic acid groups (broad SMARTS) is 1. The maximum Gasteiger partial charge on any atom is 0.408 e. The molecular formula is C10H17N5O4. The number of ether oxygens (including phenoxy) is 1. The van der Waals surface area contributed by atoms with Gasteiger partial charge < -0.3 is 15.2 Å². The number of nitrogens with zero attached hydrogens (tertiary/aromatic N) is 4. The zero-order valence-corrected chi connectivity index (χ0v) is 11.2. The van der Waals surface area contributed by atoms with E-state index in [-0.39, 0.29) is 6.42 Å². The fraction of sp³-hybridized carbons (Fsp3) is 0.700. The van der Waals surface area contributed by atoms with E-state index < -0.39 is 23.7 Å². The molecule has 1 aromatic heterocycles. The normalized spacial score (nSPS) is 12.8. The molecule has 19 heavy (non-hydrogen) atoms. The summed E-state index contributed by atoms with van der Waals surface area (Å²) in [6, 6.07) is -1.15. The summed E-state index contributed by atoms with van der Waals surface area (Å²) in [5.41, 5.74) is -0.695. The van der Waals surface area contributed by atoms with E-state index >= 15 is 0 Å². The fourth-order valence-corrected chi connectivity index (χ4v) is 1.25. The number of aromatic nitrogens is 4. The molecule has 0 aromatic carbocycles. The Labute approximate surface area is 109 Å². The molecule has 1 aromatic rings. The number of carbonyl (C=O) groups excluding carboxylic acids is 1. The largest absolute Gasteiger partial charge is 0.480 e. The minimum Gasteiger partial charge on any atom is -0.480 e. The molecule has 0 bridgehead atoms. The molecule has 0 aliphatic rings. The minimum atomic E-state index is -1.19. The van der Waals surface area contributed by atoms with Gasteiger partial charge in [0.1, 0.15) is 11.6 Å². The smallest absolute Gasteiger partial charge is 0.408 e. The number of nitrogens with one attached hydrogen (secondary N) is 1. The molecule has 1 atom stereocenters. The molecule has 0 saturated carbocycles. The summed E-state index contributed by atoms with van der Waals surface area (Å²) < 4.78 is 6.34. The Morgan fingerprint density at radius 3 is 2.53 bits per heavy atom. The molecule has 0 aliphatic carbocycles. The monoisotopic (exact) mass is 271 g/mol.